The third-order valence-electron chi connectivity index (χ3n) is 1.76. The number of aryl methyl sites for hydroxylation is 1. The normalized spacial score (nSPS) is 10.4. The monoisotopic (exact) mass is 159 g/mol. The van der Waals surface area contributed by atoms with Gasteiger partial charge >= 0.3 is 5.63 Å². The fraction of sp³-hybridized carbons (Fsp3) is 0.100. The molecule has 2 aromatic rings. The smallest absolute Gasteiger partial charge is 0.336 e. The van der Waals surface area contributed by atoms with Crippen molar-refractivity contribution in [1.29, 1.82) is 0 Å². The van der Waals surface area contributed by atoms with Crippen LogP contribution in [0.2, 0.25) is 0 Å². The van der Waals surface area contributed by atoms with Crippen molar-refractivity contribution in [3.05, 3.63) is 46.3 Å². The van der Waals surface area contributed by atoms with E-state index in [1.165, 1.54) is 6.07 Å². The van der Waals surface area contributed by atoms with Crippen LogP contribution in [0, 0.1) is 13.0 Å². The average Bonchev–Trinajstić information content (AvgIpc) is 2.04. The van der Waals surface area contributed by atoms with Crippen LogP contribution in [0.15, 0.2) is 33.5 Å². The van der Waals surface area contributed by atoms with Crippen LogP contribution in [0.3, 0.4) is 0 Å². The molecule has 0 unspecified atom stereocenters. The zero-order valence-electron chi connectivity index (χ0n) is 6.63. The first-order valence-corrected chi connectivity index (χ1v) is 3.68. The summed E-state index contributed by atoms with van der Waals surface area (Å²) in [5.74, 6) is 0. The maximum atomic E-state index is 10.9. The Morgan fingerprint density at radius 2 is 2.33 bits per heavy atom. The van der Waals surface area contributed by atoms with Crippen molar-refractivity contribution in [2.24, 2.45) is 0 Å². The lowest BCUT2D eigenvalue weighted by Gasteiger charge is -1.96. The first-order valence-electron chi connectivity index (χ1n) is 3.68. The van der Waals surface area contributed by atoms with Crippen molar-refractivity contribution < 1.29 is 4.42 Å². The van der Waals surface area contributed by atoms with Crippen LogP contribution >= 0.6 is 0 Å². The second-order valence-corrected chi connectivity index (χ2v) is 2.66. The molecule has 0 saturated heterocycles. The molecule has 2 rings (SSSR count). The highest BCUT2D eigenvalue weighted by Crippen LogP contribution is 2.13. The lowest BCUT2D eigenvalue weighted by atomic mass is 10.1. The first-order chi connectivity index (χ1) is 5.77. The molecule has 0 atom stereocenters. The summed E-state index contributed by atoms with van der Waals surface area (Å²) in [6.45, 7) is 1.87. The van der Waals surface area contributed by atoms with Crippen molar-refractivity contribution in [2.75, 3.05) is 0 Å². The van der Waals surface area contributed by atoms with Crippen molar-refractivity contribution in [3.63, 3.8) is 0 Å². The van der Waals surface area contributed by atoms with Gasteiger partial charge in [0.15, 0.2) is 0 Å². The molecule has 0 aliphatic heterocycles. The summed E-state index contributed by atoms with van der Waals surface area (Å²) >= 11 is 0. The summed E-state index contributed by atoms with van der Waals surface area (Å²) in [4.78, 5) is 10.9. The molecule has 0 spiro atoms. The molecule has 0 aliphatic carbocycles. The lowest BCUT2D eigenvalue weighted by molar-refractivity contribution is 0.560. The van der Waals surface area contributed by atoms with E-state index in [0.717, 1.165) is 10.9 Å². The van der Waals surface area contributed by atoms with Gasteiger partial charge in [-0.25, -0.2) is 4.79 Å². The quantitative estimate of drug-likeness (QED) is 0.549. The summed E-state index contributed by atoms with van der Waals surface area (Å²) in [6, 6.07) is 9.85. The summed E-state index contributed by atoms with van der Waals surface area (Å²) in [6.07, 6.45) is 0. The zero-order chi connectivity index (χ0) is 8.55. The van der Waals surface area contributed by atoms with Crippen LogP contribution in [-0.4, -0.2) is 0 Å². The number of fused-ring (bicyclic) bond motifs is 1. The summed E-state index contributed by atoms with van der Waals surface area (Å²) in [7, 11) is 0. The third kappa shape index (κ3) is 1.01. The number of benzene rings is 1. The molecule has 59 valence electrons. The van der Waals surface area contributed by atoms with E-state index in [2.05, 4.69) is 6.07 Å². The van der Waals surface area contributed by atoms with Crippen molar-refractivity contribution in [2.45, 2.75) is 6.92 Å². The SMILES string of the molecule is Cc1cc(=O)oc2ccc[c]c12. The Labute approximate surface area is 69.4 Å². The van der Waals surface area contributed by atoms with Crippen molar-refractivity contribution in [3.8, 4) is 0 Å². The molecule has 1 radical (unpaired) electrons. The summed E-state index contributed by atoms with van der Waals surface area (Å²) in [5.41, 5.74) is 1.20. The first kappa shape index (κ1) is 7.10. The van der Waals surface area contributed by atoms with Gasteiger partial charge in [0, 0.05) is 11.5 Å². The Morgan fingerprint density at radius 3 is 3.17 bits per heavy atom. The van der Waals surface area contributed by atoms with Crippen LogP contribution in [0.1, 0.15) is 5.56 Å². The van der Waals surface area contributed by atoms with E-state index in [9.17, 15) is 4.79 Å². The van der Waals surface area contributed by atoms with Gasteiger partial charge in [0.25, 0.3) is 0 Å². The van der Waals surface area contributed by atoms with Gasteiger partial charge in [-0.1, -0.05) is 12.1 Å². The van der Waals surface area contributed by atoms with E-state index < -0.39 is 0 Å². The summed E-state index contributed by atoms with van der Waals surface area (Å²) < 4.78 is 4.96. The van der Waals surface area contributed by atoms with Gasteiger partial charge in [-0.3, -0.25) is 0 Å². The molecule has 12 heavy (non-hydrogen) atoms. The second-order valence-electron chi connectivity index (χ2n) is 2.66. The molecule has 1 aromatic carbocycles. The van der Waals surface area contributed by atoms with Gasteiger partial charge in [-0.2, -0.15) is 0 Å². The predicted molar refractivity (Wildman–Crippen MR) is 46.1 cm³/mol. The Bertz CT molecular complexity index is 468. The maximum Gasteiger partial charge on any atom is 0.336 e. The molecule has 1 heterocycles. The lowest BCUT2D eigenvalue weighted by Crippen LogP contribution is -1.97. The van der Waals surface area contributed by atoms with E-state index in [0.29, 0.717) is 5.58 Å². The zero-order valence-corrected chi connectivity index (χ0v) is 6.63. The largest absolute Gasteiger partial charge is 0.423 e. The minimum absolute atomic E-state index is 0.306. The Morgan fingerprint density at radius 1 is 1.50 bits per heavy atom. The van der Waals surface area contributed by atoms with E-state index in [-0.39, 0.29) is 5.63 Å². The van der Waals surface area contributed by atoms with Gasteiger partial charge in [0.05, 0.1) is 0 Å². The van der Waals surface area contributed by atoms with Crippen LogP contribution in [0.5, 0.6) is 0 Å². The Balaban J connectivity index is 2.99. The highest BCUT2D eigenvalue weighted by molar-refractivity contribution is 5.78. The fourth-order valence-electron chi connectivity index (χ4n) is 1.20. The second kappa shape index (κ2) is 2.48. The molecule has 2 heteroatoms. The minimum atomic E-state index is -0.306. The van der Waals surface area contributed by atoms with Crippen molar-refractivity contribution in [1.82, 2.24) is 0 Å². The highest BCUT2D eigenvalue weighted by atomic mass is 16.4. The fourth-order valence-corrected chi connectivity index (χ4v) is 1.20. The van der Waals surface area contributed by atoms with E-state index in [1.54, 1.807) is 18.2 Å². The molecule has 1 aromatic heterocycles. The molecular weight excluding hydrogens is 152 g/mol. The van der Waals surface area contributed by atoms with E-state index in [1.807, 2.05) is 6.92 Å². The molecule has 0 amide bonds. The van der Waals surface area contributed by atoms with Gasteiger partial charge in [-0.15, -0.1) is 0 Å². The van der Waals surface area contributed by atoms with Gasteiger partial charge in [0.2, 0.25) is 0 Å². The van der Waals surface area contributed by atoms with E-state index >= 15 is 0 Å². The van der Waals surface area contributed by atoms with Crippen LogP contribution in [0.25, 0.3) is 11.0 Å². The Kier molecular flexibility index (Phi) is 1.47. The molecule has 0 N–H and O–H groups in total. The van der Waals surface area contributed by atoms with Crippen molar-refractivity contribution >= 4 is 11.0 Å². The molecular formula is C10H7O2. The van der Waals surface area contributed by atoms with Crippen LogP contribution < -0.4 is 5.63 Å². The molecule has 2 nitrogen and oxygen atoms in total. The van der Waals surface area contributed by atoms with Gasteiger partial charge in [-0.05, 0) is 24.6 Å². The van der Waals surface area contributed by atoms with Crippen LogP contribution in [-0.2, 0) is 0 Å². The number of hydrogen-bond donors (Lipinski definition) is 0. The molecule has 0 bridgehead atoms. The Hall–Kier alpha value is -1.57. The van der Waals surface area contributed by atoms with E-state index in [4.69, 9.17) is 4.42 Å². The summed E-state index contributed by atoms with van der Waals surface area (Å²) in [5, 5.41) is 0.872. The number of rotatable bonds is 0. The average molecular weight is 159 g/mol. The topological polar surface area (TPSA) is 30.2 Å². The van der Waals surface area contributed by atoms with Gasteiger partial charge < -0.3 is 4.42 Å². The third-order valence-corrected chi connectivity index (χ3v) is 1.76. The number of hydrogen-bond acceptors (Lipinski definition) is 2. The predicted octanol–water partition coefficient (Wildman–Crippen LogP) is 1.90. The van der Waals surface area contributed by atoms with Gasteiger partial charge in [0.1, 0.15) is 5.58 Å². The maximum absolute atomic E-state index is 10.9. The molecule has 0 fully saturated rings. The highest BCUT2D eigenvalue weighted by Gasteiger charge is 1.99. The molecule has 0 aliphatic rings. The van der Waals surface area contributed by atoms with Crippen LogP contribution in [0.4, 0.5) is 0 Å². The molecule has 0 saturated carbocycles. The minimum Gasteiger partial charge on any atom is -0.423 e. The standard InChI is InChI=1S/C10H7O2/c1-7-6-10(11)12-9-5-3-2-4-8(7)9/h2-3,5-6H,1H3.